The minimum Gasteiger partial charge on any atom is -0.457 e. The van der Waals surface area contributed by atoms with Crippen LogP contribution in [0.4, 0.5) is 18.9 Å². The molecule has 1 unspecified atom stereocenters. The van der Waals surface area contributed by atoms with Gasteiger partial charge < -0.3 is 9.73 Å². The SMILES string of the molecule is CC1=C(C(=O)Nc2ccccc2)C(c2ccc(C)cc2)n2c(s/c(=C\c3ccc(-c4cccc(C(F)(F)F)c4)o3)c2=O)=N1. The topological polar surface area (TPSA) is 76.6 Å². The van der Waals surface area contributed by atoms with Crippen molar-refractivity contribution in [2.75, 3.05) is 5.32 Å². The number of hydrogen-bond donors (Lipinski definition) is 1. The molecule has 3 heterocycles. The Morgan fingerprint density at radius 3 is 2.44 bits per heavy atom. The molecule has 6 rings (SSSR count). The van der Waals surface area contributed by atoms with Crippen molar-refractivity contribution in [2.45, 2.75) is 26.1 Å². The second kappa shape index (κ2) is 11.0. The summed E-state index contributed by atoms with van der Waals surface area (Å²) in [5, 5.41) is 2.92. The van der Waals surface area contributed by atoms with E-state index in [0.29, 0.717) is 32.1 Å². The van der Waals surface area contributed by atoms with Crippen LogP contribution in [0.1, 0.15) is 35.4 Å². The van der Waals surface area contributed by atoms with Gasteiger partial charge in [0.2, 0.25) is 0 Å². The Labute approximate surface area is 247 Å². The van der Waals surface area contributed by atoms with Crippen molar-refractivity contribution in [2.24, 2.45) is 4.99 Å². The first-order chi connectivity index (χ1) is 20.6. The summed E-state index contributed by atoms with van der Waals surface area (Å²) in [5.74, 6) is 0.157. The van der Waals surface area contributed by atoms with Gasteiger partial charge in [-0.15, -0.1) is 0 Å². The summed E-state index contributed by atoms with van der Waals surface area (Å²) in [6, 6.07) is 23.9. The number of nitrogens with one attached hydrogen (secondary N) is 1. The monoisotopic (exact) mass is 599 g/mol. The molecule has 1 atom stereocenters. The van der Waals surface area contributed by atoms with Gasteiger partial charge in [-0.2, -0.15) is 13.2 Å². The van der Waals surface area contributed by atoms with Crippen LogP contribution in [0.15, 0.2) is 116 Å². The highest BCUT2D eigenvalue weighted by atomic mass is 32.1. The Balaban J connectivity index is 1.42. The maximum Gasteiger partial charge on any atom is 0.416 e. The predicted octanol–water partition coefficient (Wildman–Crippen LogP) is 6.46. The van der Waals surface area contributed by atoms with E-state index in [1.54, 1.807) is 31.2 Å². The molecule has 10 heteroatoms. The molecule has 1 aliphatic heterocycles. The molecular weight excluding hydrogens is 575 g/mol. The molecule has 0 radical (unpaired) electrons. The number of furan rings is 1. The zero-order valence-corrected chi connectivity index (χ0v) is 23.8. The lowest BCUT2D eigenvalue weighted by atomic mass is 9.94. The highest BCUT2D eigenvalue weighted by molar-refractivity contribution is 7.07. The quantitative estimate of drug-likeness (QED) is 0.252. The molecular formula is C33H24F3N3O3S. The number of aryl methyl sites for hydroxylation is 1. The number of hydrogen-bond acceptors (Lipinski definition) is 5. The zero-order chi connectivity index (χ0) is 30.3. The largest absolute Gasteiger partial charge is 0.457 e. The van der Waals surface area contributed by atoms with Gasteiger partial charge in [0.15, 0.2) is 4.80 Å². The van der Waals surface area contributed by atoms with Crippen molar-refractivity contribution in [1.29, 1.82) is 0 Å². The van der Waals surface area contributed by atoms with Crippen LogP contribution in [0.2, 0.25) is 0 Å². The van der Waals surface area contributed by atoms with Gasteiger partial charge in [-0.05, 0) is 55.8 Å². The van der Waals surface area contributed by atoms with Crippen LogP contribution in [-0.2, 0) is 11.0 Å². The van der Waals surface area contributed by atoms with Gasteiger partial charge in [-0.25, -0.2) is 4.99 Å². The summed E-state index contributed by atoms with van der Waals surface area (Å²) in [5.41, 5.74) is 2.33. The van der Waals surface area contributed by atoms with Gasteiger partial charge in [0, 0.05) is 17.3 Å². The van der Waals surface area contributed by atoms with Crippen molar-refractivity contribution in [3.05, 3.63) is 144 Å². The first-order valence-electron chi connectivity index (χ1n) is 13.3. The van der Waals surface area contributed by atoms with Crippen LogP contribution < -0.4 is 20.2 Å². The molecule has 5 aromatic rings. The second-order valence-corrected chi connectivity index (χ2v) is 11.1. The Morgan fingerprint density at radius 2 is 1.72 bits per heavy atom. The van der Waals surface area contributed by atoms with E-state index >= 15 is 0 Å². The Hall–Kier alpha value is -4.96. The van der Waals surface area contributed by atoms with Gasteiger partial charge in [0.1, 0.15) is 11.5 Å². The lowest BCUT2D eigenvalue weighted by Gasteiger charge is -2.25. The highest BCUT2D eigenvalue weighted by Crippen LogP contribution is 2.33. The zero-order valence-electron chi connectivity index (χ0n) is 23.0. The van der Waals surface area contributed by atoms with E-state index in [9.17, 15) is 22.8 Å². The van der Waals surface area contributed by atoms with Gasteiger partial charge in [-0.1, -0.05) is 71.5 Å². The molecule has 1 aliphatic rings. The van der Waals surface area contributed by atoms with Gasteiger partial charge in [0.25, 0.3) is 11.5 Å². The molecule has 1 amide bonds. The fourth-order valence-electron chi connectivity index (χ4n) is 4.96. The number of fused-ring (bicyclic) bond motifs is 1. The van der Waals surface area contributed by atoms with Gasteiger partial charge >= 0.3 is 6.18 Å². The summed E-state index contributed by atoms with van der Waals surface area (Å²) in [6.45, 7) is 3.70. The molecule has 2 aromatic heterocycles. The van der Waals surface area contributed by atoms with Gasteiger partial charge in [-0.3, -0.25) is 14.2 Å². The Morgan fingerprint density at radius 1 is 0.977 bits per heavy atom. The molecule has 0 fully saturated rings. The number of thiazole rings is 1. The standard InChI is InChI=1S/C33H24F3N3O3S/c1-19-11-13-21(14-12-19)29-28(30(40)38-24-9-4-3-5-10-24)20(2)37-32-39(29)31(41)27(43-32)18-25-15-16-26(42-25)22-7-6-8-23(17-22)33(34,35)36/h3-18,29H,1-2H3,(H,38,40)/b27-18-. The fraction of sp³-hybridized carbons (Fsp3) is 0.121. The number of para-hydroxylation sites is 1. The van der Waals surface area contributed by atoms with E-state index in [1.165, 1.54) is 22.8 Å². The summed E-state index contributed by atoms with van der Waals surface area (Å²) in [6.07, 6.45) is -2.95. The lowest BCUT2D eigenvalue weighted by molar-refractivity contribution is -0.137. The summed E-state index contributed by atoms with van der Waals surface area (Å²) in [4.78, 5) is 32.6. The molecule has 0 saturated heterocycles. The second-order valence-electron chi connectivity index (χ2n) is 10.1. The number of rotatable bonds is 5. The van der Waals surface area contributed by atoms with Crippen molar-refractivity contribution >= 4 is 29.0 Å². The van der Waals surface area contributed by atoms with E-state index < -0.39 is 17.8 Å². The number of carbonyl (C=O) groups excluding carboxylic acids is 1. The third-order valence-corrected chi connectivity index (χ3v) is 8.05. The third kappa shape index (κ3) is 5.61. The van der Waals surface area contributed by atoms with Crippen LogP contribution in [0.5, 0.6) is 0 Å². The van der Waals surface area contributed by atoms with Crippen LogP contribution in [0.25, 0.3) is 17.4 Å². The number of aromatic nitrogens is 1. The van der Waals surface area contributed by atoms with E-state index in [0.717, 1.165) is 34.6 Å². The molecule has 0 saturated carbocycles. The Kier molecular flexibility index (Phi) is 7.23. The summed E-state index contributed by atoms with van der Waals surface area (Å²) in [7, 11) is 0. The number of alkyl halides is 3. The summed E-state index contributed by atoms with van der Waals surface area (Å²) >= 11 is 1.14. The molecule has 0 aliphatic carbocycles. The average molecular weight is 600 g/mol. The predicted molar refractivity (Wildman–Crippen MR) is 159 cm³/mol. The van der Waals surface area contributed by atoms with Crippen molar-refractivity contribution in [1.82, 2.24) is 4.57 Å². The third-order valence-electron chi connectivity index (χ3n) is 7.07. The van der Waals surface area contributed by atoms with E-state index in [2.05, 4.69) is 10.3 Å². The van der Waals surface area contributed by atoms with E-state index in [-0.39, 0.29) is 22.8 Å². The normalized spacial score (nSPS) is 15.3. The number of amides is 1. The molecule has 6 nitrogen and oxygen atoms in total. The molecule has 0 spiro atoms. The van der Waals surface area contributed by atoms with Crippen molar-refractivity contribution in [3.8, 4) is 11.3 Å². The van der Waals surface area contributed by atoms with E-state index in [1.807, 2.05) is 49.4 Å². The van der Waals surface area contributed by atoms with Crippen LogP contribution in [0, 0.1) is 6.92 Å². The highest BCUT2D eigenvalue weighted by Gasteiger charge is 2.33. The molecule has 216 valence electrons. The Bertz CT molecular complexity index is 2050. The maximum atomic E-state index is 13.9. The summed E-state index contributed by atoms with van der Waals surface area (Å²) < 4.78 is 47.3. The van der Waals surface area contributed by atoms with Crippen LogP contribution >= 0.6 is 11.3 Å². The van der Waals surface area contributed by atoms with Crippen molar-refractivity contribution < 1.29 is 22.4 Å². The number of halogens is 3. The first kappa shape index (κ1) is 28.2. The molecule has 0 bridgehead atoms. The minimum absolute atomic E-state index is 0.235. The number of carbonyl (C=O) groups is 1. The van der Waals surface area contributed by atoms with E-state index in [4.69, 9.17) is 4.42 Å². The first-order valence-corrected chi connectivity index (χ1v) is 14.1. The maximum absolute atomic E-state index is 13.9. The lowest BCUT2D eigenvalue weighted by Crippen LogP contribution is -2.40. The molecule has 43 heavy (non-hydrogen) atoms. The number of allylic oxidation sites excluding steroid dienone is 1. The van der Waals surface area contributed by atoms with Gasteiger partial charge in [0.05, 0.1) is 27.4 Å². The van der Waals surface area contributed by atoms with Crippen LogP contribution in [-0.4, -0.2) is 10.5 Å². The number of nitrogens with zero attached hydrogens (tertiary/aromatic N) is 2. The van der Waals surface area contributed by atoms with Crippen molar-refractivity contribution in [3.63, 3.8) is 0 Å². The minimum atomic E-state index is -4.48. The molecule has 3 aromatic carbocycles. The number of benzene rings is 3. The number of anilines is 1. The molecule has 1 N–H and O–H groups in total. The smallest absolute Gasteiger partial charge is 0.416 e. The average Bonchev–Trinajstić information content (AvgIpc) is 3.57. The van der Waals surface area contributed by atoms with Crippen LogP contribution in [0.3, 0.4) is 0 Å². The fourth-order valence-corrected chi connectivity index (χ4v) is 5.99.